The Hall–Kier alpha value is -2.65. The summed E-state index contributed by atoms with van der Waals surface area (Å²) in [4.78, 5) is 34.2. The van der Waals surface area contributed by atoms with Gasteiger partial charge in [-0.3, -0.25) is 9.59 Å². The van der Waals surface area contributed by atoms with Gasteiger partial charge in [0.05, 0.1) is 6.21 Å². The lowest BCUT2D eigenvalue weighted by molar-refractivity contribution is -0.142. The van der Waals surface area contributed by atoms with Crippen molar-refractivity contribution in [3.8, 4) is 0 Å². The van der Waals surface area contributed by atoms with Gasteiger partial charge >= 0.3 is 5.97 Å². The number of benzene rings is 1. The molecular formula is C16H23ClN4O5. The van der Waals surface area contributed by atoms with Crippen LogP contribution in [-0.4, -0.2) is 54.9 Å². The van der Waals surface area contributed by atoms with E-state index in [1.165, 1.54) is 6.21 Å². The second kappa shape index (κ2) is 12.7. The fourth-order valence-electron chi connectivity index (χ4n) is 1.85. The molecule has 9 nitrogen and oxygen atoms in total. The summed E-state index contributed by atoms with van der Waals surface area (Å²) in [7, 11) is 0. The molecule has 1 aromatic rings. The summed E-state index contributed by atoms with van der Waals surface area (Å²) in [6.07, 6.45) is 1.93. The van der Waals surface area contributed by atoms with Crippen LogP contribution in [0.2, 0.25) is 0 Å². The van der Waals surface area contributed by atoms with Crippen molar-refractivity contribution in [2.45, 2.75) is 19.4 Å². The Morgan fingerprint density at radius 3 is 2.54 bits per heavy atom. The van der Waals surface area contributed by atoms with Crippen LogP contribution in [0.4, 0.5) is 0 Å². The SMILES string of the molecule is C[C@H](NC(=O)c1ccc(C=NN)cc1)C(=O)NCCCOCC(=O)O.Cl. The molecule has 5 N–H and O–H groups in total. The first-order chi connectivity index (χ1) is 11.9. The molecule has 0 aliphatic rings. The Morgan fingerprint density at radius 2 is 1.96 bits per heavy atom. The van der Waals surface area contributed by atoms with Gasteiger partial charge in [-0.1, -0.05) is 12.1 Å². The Balaban J connectivity index is 0.00000625. The summed E-state index contributed by atoms with van der Waals surface area (Å²) in [5.41, 5.74) is 1.17. The Labute approximate surface area is 157 Å². The zero-order valence-electron chi connectivity index (χ0n) is 14.3. The quantitative estimate of drug-likeness (QED) is 0.195. The second-order valence-corrected chi connectivity index (χ2v) is 5.19. The van der Waals surface area contributed by atoms with Crippen molar-refractivity contribution < 1.29 is 24.2 Å². The third-order valence-corrected chi connectivity index (χ3v) is 3.13. The maximum Gasteiger partial charge on any atom is 0.329 e. The van der Waals surface area contributed by atoms with E-state index in [-0.39, 0.29) is 37.4 Å². The van der Waals surface area contributed by atoms with Gasteiger partial charge in [-0.15, -0.1) is 12.4 Å². The molecule has 0 bridgehead atoms. The van der Waals surface area contributed by atoms with Gasteiger partial charge in [-0.25, -0.2) is 4.79 Å². The van der Waals surface area contributed by atoms with E-state index in [2.05, 4.69) is 15.7 Å². The number of carbonyl (C=O) groups excluding carboxylic acids is 2. The average Bonchev–Trinajstić information content (AvgIpc) is 2.58. The molecule has 0 heterocycles. The van der Waals surface area contributed by atoms with E-state index in [0.29, 0.717) is 18.5 Å². The van der Waals surface area contributed by atoms with Crippen LogP contribution in [0.15, 0.2) is 29.4 Å². The molecule has 0 saturated carbocycles. The minimum absolute atomic E-state index is 0. The van der Waals surface area contributed by atoms with Crippen molar-refractivity contribution in [2.24, 2.45) is 10.9 Å². The molecule has 1 rings (SSSR count). The molecular weight excluding hydrogens is 364 g/mol. The number of nitrogens with two attached hydrogens (primary N) is 1. The number of nitrogens with zero attached hydrogens (tertiary/aromatic N) is 1. The van der Waals surface area contributed by atoms with Crippen LogP contribution < -0.4 is 16.5 Å². The summed E-state index contributed by atoms with van der Waals surface area (Å²) in [6.45, 7) is 1.76. The first-order valence-corrected chi connectivity index (χ1v) is 7.65. The van der Waals surface area contributed by atoms with E-state index < -0.39 is 12.0 Å². The van der Waals surface area contributed by atoms with Gasteiger partial charge in [0.1, 0.15) is 12.6 Å². The third-order valence-electron chi connectivity index (χ3n) is 3.13. The molecule has 0 aliphatic carbocycles. The number of halogens is 1. The van der Waals surface area contributed by atoms with Crippen LogP contribution in [0.25, 0.3) is 0 Å². The van der Waals surface area contributed by atoms with Gasteiger partial charge in [0, 0.05) is 18.7 Å². The predicted molar refractivity (Wildman–Crippen MR) is 98.5 cm³/mol. The number of carbonyl (C=O) groups is 3. The molecule has 1 aromatic carbocycles. The van der Waals surface area contributed by atoms with Crippen LogP contribution in [0, 0.1) is 0 Å². The lowest BCUT2D eigenvalue weighted by Gasteiger charge is -2.14. The number of hydrogen-bond donors (Lipinski definition) is 4. The van der Waals surface area contributed by atoms with Crippen molar-refractivity contribution in [1.82, 2.24) is 10.6 Å². The van der Waals surface area contributed by atoms with Crippen LogP contribution in [-0.2, 0) is 14.3 Å². The molecule has 2 amide bonds. The van der Waals surface area contributed by atoms with E-state index in [1.54, 1.807) is 31.2 Å². The van der Waals surface area contributed by atoms with Crippen molar-refractivity contribution in [2.75, 3.05) is 19.8 Å². The summed E-state index contributed by atoms with van der Waals surface area (Å²) < 4.78 is 4.85. The molecule has 0 spiro atoms. The fraction of sp³-hybridized carbons (Fsp3) is 0.375. The van der Waals surface area contributed by atoms with Crippen LogP contribution in [0.3, 0.4) is 0 Å². The van der Waals surface area contributed by atoms with E-state index in [9.17, 15) is 14.4 Å². The van der Waals surface area contributed by atoms with E-state index >= 15 is 0 Å². The molecule has 144 valence electrons. The number of ether oxygens (including phenoxy) is 1. The molecule has 26 heavy (non-hydrogen) atoms. The van der Waals surface area contributed by atoms with Crippen molar-refractivity contribution in [3.63, 3.8) is 0 Å². The number of aliphatic carboxylic acids is 1. The minimum Gasteiger partial charge on any atom is -0.480 e. The van der Waals surface area contributed by atoms with E-state index in [1.807, 2.05) is 0 Å². The monoisotopic (exact) mass is 386 g/mol. The number of carboxylic acid groups (broad SMARTS) is 1. The second-order valence-electron chi connectivity index (χ2n) is 5.19. The first kappa shape index (κ1) is 23.4. The highest BCUT2D eigenvalue weighted by Gasteiger charge is 2.16. The van der Waals surface area contributed by atoms with Crippen molar-refractivity contribution >= 4 is 36.4 Å². The Kier molecular flexibility index (Phi) is 11.4. The number of hydrazone groups is 1. The van der Waals surface area contributed by atoms with Crippen LogP contribution >= 0.6 is 12.4 Å². The molecule has 0 aromatic heterocycles. The molecule has 0 radical (unpaired) electrons. The molecule has 0 saturated heterocycles. The normalized spacial score (nSPS) is 11.4. The van der Waals surface area contributed by atoms with Gasteiger partial charge in [-0.05, 0) is 31.0 Å². The van der Waals surface area contributed by atoms with Gasteiger partial charge in [-0.2, -0.15) is 5.10 Å². The maximum absolute atomic E-state index is 12.1. The molecule has 10 heteroatoms. The average molecular weight is 387 g/mol. The standard InChI is InChI=1S/C16H22N4O5.ClH/c1-11(15(23)18-7-2-8-25-10-14(21)22)20-16(24)13-5-3-12(4-6-13)9-19-17;/h3-6,9,11H,2,7-8,10,17H2,1H3,(H,18,23)(H,20,24)(H,21,22);1H/t11-;/m0./s1. The Bertz CT molecular complexity index is 622. The molecule has 0 aliphatic heterocycles. The lowest BCUT2D eigenvalue weighted by Crippen LogP contribution is -2.45. The highest BCUT2D eigenvalue weighted by molar-refractivity contribution is 5.97. The predicted octanol–water partition coefficient (Wildman–Crippen LogP) is 0.127. The zero-order chi connectivity index (χ0) is 18.7. The number of rotatable bonds is 10. The first-order valence-electron chi connectivity index (χ1n) is 7.65. The topological polar surface area (TPSA) is 143 Å². The number of carboxylic acids is 1. The van der Waals surface area contributed by atoms with E-state index in [0.717, 1.165) is 5.56 Å². The number of nitrogens with one attached hydrogen (secondary N) is 2. The molecule has 0 fully saturated rings. The van der Waals surface area contributed by atoms with Gasteiger partial charge < -0.3 is 26.3 Å². The van der Waals surface area contributed by atoms with Crippen LogP contribution in [0.1, 0.15) is 29.3 Å². The Morgan fingerprint density at radius 1 is 1.31 bits per heavy atom. The maximum atomic E-state index is 12.1. The van der Waals surface area contributed by atoms with E-state index in [4.69, 9.17) is 15.7 Å². The zero-order valence-corrected chi connectivity index (χ0v) is 15.1. The van der Waals surface area contributed by atoms with Crippen molar-refractivity contribution in [3.05, 3.63) is 35.4 Å². The summed E-state index contributed by atoms with van der Waals surface area (Å²) >= 11 is 0. The summed E-state index contributed by atoms with van der Waals surface area (Å²) in [5.74, 6) is 3.30. The lowest BCUT2D eigenvalue weighted by atomic mass is 10.1. The summed E-state index contributed by atoms with van der Waals surface area (Å²) in [6, 6.07) is 5.88. The molecule has 1 atom stereocenters. The van der Waals surface area contributed by atoms with Gasteiger partial charge in [0.25, 0.3) is 5.91 Å². The highest BCUT2D eigenvalue weighted by Crippen LogP contribution is 2.03. The van der Waals surface area contributed by atoms with Crippen LogP contribution in [0.5, 0.6) is 0 Å². The summed E-state index contributed by atoms with van der Waals surface area (Å²) in [5, 5.41) is 17.0. The molecule has 0 unspecified atom stereocenters. The third kappa shape index (κ3) is 9.00. The van der Waals surface area contributed by atoms with Crippen molar-refractivity contribution in [1.29, 1.82) is 0 Å². The van der Waals surface area contributed by atoms with Gasteiger partial charge in [0.2, 0.25) is 5.91 Å². The van der Waals surface area contributed by atoms with Gasteiger partial charge in [0.15, 0.2) is 0 Å². The number of amides is 2. The minimum atomic E-state index is -1.04. The highest BCUT2D eigenvalue weighted by atomic mass is 35.5. The number of hydrogen-bond acceptors (Lipinski definition) is 6. The smallest absolute Gasteiger partial charge is 0.329 e. The fourth-order valence-corrected chi connectivity index (χ4v) is 1.85. The largest absolute Gasteiger partial charge is 0.480 e.